The fourth-order valence-electron chi connectivity index (χ4n) is 1.37. The van der Waals surface area contributed by atoms with E-state index in [-0.39, 0.29) is 5.78 Å². The first kappa shape index (κ1) is 6.59. The summed E-state index contributed by atoms with van der Waals surface area (Å²) >= 11 is 0. The van der Waals surface area contributed by atoms with E-state index >= 15 is 0 Å². The highest BCUT2D eigenvalue weighted by atomic mass is 16.1. The minimum absolute atomic E-state index is 0.0619. The molecule has 11 heavy (non-hydrogen) atoms. The van der Waals surface area contributed by atoms with Crippen molar-refractivity contribution in [1.82, 2.24) is 0 Å². The molecule has 1 aliphatic rings. The van der Waals surface area contributed by atoms with E-state index in [9.17, 15) is 4.79 Å². The summed E-state index contributed by atoms with van der Waals surface area (Å²) in [6.07, 6.45) is 4.53. The highest BCUT2D eigenvalue weighted by Gasteiger charge is 2.15. The lowest BCUT2D eigenvalue weighted by Gasteiger charge is -2.12. The molecule has 0 fully saturated rings. The van der Waals surface area contributed by atoms with E-state index in [0.717, 1.165) is 24.0 Å². The lowest BCUT2D eigenvalue weighted by molar-refractivity contribution is 0.102. The van der Waals surface area contributed by atoms with Gasteiger partial charge in [-0.1, -0.05) is 24.3 Å². The summed E-state index contributed by atoms with van der Waals surface area (Å²) in [7, 11) is 0. The summed E-state index contributed by atoms with van der Waals surface area (Å²) in [6, 6.07) is 7.74. The normalized spacial score (nSPS) is 16.2. The predicted octanol–water partition coefficient (Wildman–Crippen LogP) is 1.90. The van der Waals surface area contributed by atoms with Crippen LogP contribution in [0.3, 0.4) is 0 Å². The monoisotopic (exact) mass is 144 g/mol. The molecule has 1 heteroatoms. The SMILES string of the molecule is O=C1[C]CCc2ccccc21. The molecule has 1 nitrogen and oxygen atoms in total. The van der Waals surface area contributed by atoms with E-state index in [1.165, 1.54) is 0 Å². The zero-order valence-corrected chi connectivity index (χ0v) is 6.13. The zero-order valence-electron chi connectivity index (χ0n) is 6.13. The van der Waals surface area contributed by atoms with Crippen LogP contribution in [-0.2, 0) is 6.42 Å². The number of hydrogen-bond donors (Lipinski definition) is 0. The number of Topliss-reactive ketones (excluding diaryl/α,β-unsaturated/α-hetero) is 1. The average molecular weight is 144 g/mol. The molecule has 0 amide bonds. The molecule has 2 rings (SSSR count). The van der Waals surface area contributed by atoms with Gasteiger partial charge in [0.25, 0.3) is 0 Å². The largest absolute Gasteiger partial charge is 0.293 e. The lowest BCUT2D eigenvalue weighted by atomic mass is 9.91. The third-order valence-electron chi connectivity index (χ3n) is 1.94. The molecular weight excluding hydrogens is 136 g/mol. The number of ketones is 1. The van der Waals surface area contributed by atoms with Crippen molar-refractivity contribution >= 4 is 5.78 Å². The number of carbonyl (C=O) groups excluding carboxylic acids is 1. The van der Waals surface area contributed by atoms with Gasteiger partial charge in [0.05, 0.1) is 6.42 Å². The van der Waals surface area contributed by atoms with Crippen molar-refractivity contribution in [2.75, 3.05) is 0 Å². The van der Waals surface area contributed by atoms with E-state index in [0.29, 0.717) is 0 Å². The van der Waals surface area contributed by atoms with Crippen molar-refractivity contribution in [3.8, 4) is 0 Å². The lowest BCUT2D eigenvalue weighted by Crippen LogP contribution is -2.10. The van der Waals surface area contributed by atoms with Crippen LogP contribution in [0.2, 0.25) is 0 Å². The molecule has 0 spiro atoms. The number of benzene rings is 1. The van der Waals surface area contributed by atoms with Crippen LogP contribution < -0.4 is 0 Å². The molecule has 1 aliphatic carbocycles. The second kappa shape index (κ2) is 2.50. The Balaban J connectivity index is 2.52. The van der Waals surface area contributed by atoms with E-state index in [4.69, 9.17) is 0 Å². The Hall–Kier alpha value is -1.11. The summed E-state index contributed by atoms with van der Waals surface area (Å²) in [5.74, 6) is 0.0619. The van der Waals surface area contributed by atoms with Crippen molar-refractivity contribution in [2.45, 2.75) is 12.8 Å². The molecule has 0 atom stereocenters. The summed E-state index contributed by atoms with van der Waals surface area (Å²) < 4.78 is 0. The third-order valence-corrected chi connectivity index (χ3v) is 1.94. The number of aryl methyl sites for hydroxylation is 1. The van der Waals surface area contributed by atoms with Gasteiger partial charge in [0.2, 0.25) is 0 Å². The first-order valence-electron chi connectivity index (χ1n) is 3.74. The van der Waals surface area contributed by atoms with Crippen LogP contribution in [0.1, 0.15) is 22.3 Å². The van der Waals surface area contributed by atoms with Gasteiger partial charge >= 0.3 is 0 Å². The van der Waals surface area contributed by atoms with E-state index in [1.54, 1.807) is 0 Å². The minimum Gasteiger partial charge on any atom is -0.293 e. The molecule has 0 aromatic heterocycles. The molecule has 54 valence electrons. The van der Waals surface area contributed by atoms with Crippen LogP contribution in [-0.4, -0.2) is 5.78 Å². The molecule has 0 saturated heterocycles. The minimum atomic E-state index is 0.0619. The van der Waals surface area contributed by atoms with Gasteiger partial charge in [-0.05, 0) is 18.4 Å². The highest BCUT2D eigenvalue weighted by Crippen LogP contribution is 2.19. The Kier molecular flexibility index (Phi) is 1.50. The maximum atomic E-state index is 11.2. The Morgan fingerprint density at radius 3 is 2.91 bits per heavy atom. The Bertz CT molecular complexity index is 289. The molecule has 2 radical (unpaired) electrons. The van der Waals surface area contributed by atoms with E-state index in [2.05, 4.69) is 6.42 Å². The van der Waals surface area contributed by atoms with Gasteiger partial charge in [-0.2, -0.15) is 0 Å². The number of fused-ring (bicyclic) bond motifs is 1. The van der Waals surface area contributed by atoms with Crippen LogP contribution in [0, 0.1) is 6.42 Å². The summed E-state index contributed by atoms with van der Waals surface area (Å²) in [4.78, 5) is 11.2. The maximum absolute atomic E-state index is 11.2. The number of carbonyl (C=O) groups is 1. The van der Waals surface area contributed by atoms with Crippen molar-refractivity contribution in [3.05, 3.63) is 41.8 Å². The van der Waals surface area contributed by atoms with Gasteiger partial charge in [-0.3, -0.25) is 4.79 Å². The van der Waals surface area contributed by atoms with Crippen molar-refractivity contribution in [3.63, 3.8) is 0 Å². The molecule has 0 unspecified atom stereocenters. The van der Waals surface area contributed by atoms with Crippen LogP contribution in [0.5, 0.6) is 0 Å². The van der Waals surface area contributed by atoms with Crippen LogP contribution in [0.25, 0.3) is 0 Å². The molecule has 0 saturated carbocycles. The average Bonchev–Trinajstić information content (AvgIpc) is 2.06. The molecule has 0 N–H and O–H groups in total. The first-order valence-corrected chi connectivity index (χ1v) is 3.74. The molecular formula is C10H8O. The number of hydrogen-bond acceptors (Lipinski definition) is 1. The highest BCUT2D eigenvalue weighted by molar-refractivity contribution is 6.04. The topological polar surface area (TPSA) is 17.1 Å². The van der Waals surface area contributed by atoms with Crippen LogP contribution >= 0.6 is 0 Å². The van der Waals surface area contributed by atoms with Crippen molar-refractivity contribution in [2.24, 2.45) is 0 Å². The molecule has 0 aliphatic heterocycles. The summed E-state index contributed by atoms with van der Waals surface area (Å²) in [6.45, 7) is 0. The van der Waals surface area contributed by atoms with Gasteiger partial charge in [-0.25, -0.2) is 0 Å². The maximum Gasteiger partial charge on any atom is 0.171 e. The Labute approximate surface area is 66.0 Å². The first-order chi connectivity index (χ1) is 5.38. The van der Waals surface area contributed by atoms with Crippen LogP contribution in [0.4, 0.5) is 0 Å². The van der Waals surface area contributed by atoms with Gasteiger partial charge < -0.3 is 0 Å². The fourth-order valence-corrected chi connectivity index (χ4v) is 1.37. The smallest absolute Gasteiger partial charge is 0.171 e. The van der Waals surface area contributed by atoms with Gasteiger partial charge in [0.15, 0.2) is 5.78 Å². The predicted molar refractivity (Wildman–Crippen MR) is 42.3 cm³/mol. The molecule has 1 aromatic carbocycles. The molecule has 1 aromatic rings. The van der Waals surface area contributed by atoms with E-state index in [1.807, 2.05) is 24.3 Å². The summed E-state index contributed by atoms with van der Waals surface area (Å²) in [5, 5.41) is 0. The Morgan fingerprint density at radius 1 is 1.27 bits per heavy atom. The zero-order chi connectivity index (χ0) is 7.68. The number of rotatable bonds is 0. The Morgan fingerprint density at radius 2 is 2.09 bits per heavy atom. The van der Waals surface area contributed by atoms with Crippen molar-refractivity contribution < 1.29 is 4.79 Å². The van der Waals surface area contributed by atoms with E-state index < -0.39 is 0 Å². The van der Waals surface area contributed by atoms with Crippen LogP contribution in [0.15, 0.2) is 24.3 Å². The van der Waals surface area contributed by atoms with Gasteiger partial charge in [0.1, 0.15) is 0 Å². The fraction of sp³-hybridized carbons (Fsp3) is 0.200. The standard InChI is InChI=1S/C10H8O/c11-10-7-3-5-8-4-1-2-6-9(8)10/h1-2,4,6H,3,5H2. The van der Waals surface area contributed by atoms with Gasteiger partial charge in [0, 0.05) is 5.56 Å². The second-order valence-corrected chi connectivity index (χ2v) is 2.66. The van der Waals surface area contributed by atoms with Crippen molar-refractivity contribution in [1.29, 1.82) is 0 Å². The molecule has 0 bridgehead atoms. The molecule has 0 heterocycles. The second-order valence-electron chi connectivity index (χ2n) is 2.66. The third kappa shape index (κ3) is 1.07. The van der Waals surface area contributed by atoms with Gasteiger partial charge in [-0.15, -0.1) is 0 Å². The summed E-state index contributed by atoms with van der Waals surface area (Å²) in [5.41, 5.74) is 2.00. The quantitative estimate of drug-likeness (QED) is 0.543.